The summed E-state index contributed by atoms with van der Waals surface area (Å²) in [6.45, 7) is 7.25. The number of rotatable bonds is 2. The summed E-state index contributed by atoms with van der Waals surface area (Å²) in [5, 5.41) is 0. The van der Waals surface area contributed by atoms with Crippen LogP contribution in [0.2, 0.25) is 0 Å². The van der Waals surface area contributed by atoms with Crippen molar-refractivity contribution in [2.24, 2.45) is 5.73 Å². The summed E-state index contributed by atoms with van der Waals surface area (Å²) in [6.07, 6.45) is 5.03. The quantitative estimate of drug-likeness (QED) is 0.751. The molecule has 3 nitrogen and oxygen atoms in total. The summed E-state index contributed by atoms with van der Waals surface area (Å²) >= 11 is 0. The van der Waals surface area contributed by atoms with Crippen LogP contribution in [-0.4, -0.2) is 42.3 Å². The monoisotopic (exact) mass is 212 g/mol. The Morgan fingerprint density at radius 2 is 2.00 bits per heavy atom. The third kappa shape index (κ3) is 2.52. The lowest BCUT2D eigenvalue weighted by atomic mass is 9.92. The van der Waals surface area contributed by atoms with E-state index >= 15 is 0 Å². The zero-order valence-electron chi connectivity index (χ0n) is 10.0. The van der Waals surface area contributed by atoms with Gasteiger partial charge in [-0.05, 0) is 33.1 Å². The van der Waals surface area contributed by atoms with Crippen molar-refractivity contribution in [1.82, 2.24) is 4.90 Å². The average Bonchev–Trinajstić information content (AvgIpc) is 2.60. The van der Waals surface area contributed by atoms with Crippen LogP contribution in [0.3, 0.4) is 0 Å². The summed E-state index contributed by atoms with van der Waals surface area (Å²) in [5.74, 6) is 0. The Hall–Kier alpha value is -0.120. The van der Waals surface area contributed by atoms with E-state index in [1.807, 2.05) is 0 Å². The minimum absolute atomic E-state index is 0.0835. The normalized spacial score (nSPS) is 43.4. The standard InChI is InChI=1S/C12H24N2O/c1-10-4-3-5-11(2)14(10)8-12(13)6-7-15-9-12/h10-11H,3-9,13H2,1-2H3/t10-,11+,12?. The van der Waals surface area contributed by atoms with Gasteiger partial charge in [-0.15, -0.1) is 0 Å². The first kappa shape index (κ1) is 11.4. The molecule has 0 aromatic rings. The lowest BCUT2D eigenvalue weighted by Crippen LogP contribution is -2.56. The first-order valence-electron chi connectivity index (χ1n) is 6.23. The van der Waals surface area contributed by atoms with Crippen molar-refractivity contribution in [3.63, 3.8) is 0 Å². The van der Waals surface area contributed by atoms with Crippen LogP contribution in [0.15, 0.2) is 0 Å². The van der Waals surface area contributed by atoms with E-state index in [1.165, 1.54) is 19.3 Å². The maximum atomic E-state index is 6.35. The fourth-order valence-corrected chi connectivity index (χ4v) is 2.90. The molecule has 2 saturated heterocycles. The van der Waals surface area contributed by atoms with Gasteiger partial charge in [0, 0.05) is 25.2 Å². The molecule has 0 bridgehead atoms. The molecular weight excluding hydrogens is 188 g/mol. The number of piperidine rings is 1. The van der Waals surface area contributed by atoms with Crippen molar-refractivity contribution >= 4 is 0 Å². The zero-order chi connectivity index (χ0) is 10.9. The highest BCUT2D eigenvalue weighted by Crippen LogP contribution is 2.26. The van der Waals surface area contributed by atoms with Gasteiger partial charge in [-0.3, -0.25) is 4.90 Å². The number of likely N-dealkylation sites (tertiary alicyclic amines) is 1. The van der Waals surface area contributed by atoms with Gasteiger partial charge in [0.2, 0.25) is 0 Å². The summed E-state index contributed by atoms with van der Waals surface area (Å²) in [4.78, 5) is 2.58. The maximum absolute atomic E-state index is 6.35. The highest BCUT2D eigenvalue weighted by Gasteiger charge is 2.36. The lowest BCUT2D eigenvalue weighted by Gasteiger charge is -2.42. The molecule has 0 aromatic carbocycles. The molecule has 2 fully saturated rings. The van der Waals surface area contributed by atoms with Gasteiger partial charge in [-0.1, -0.05) is 6.42 Å². The SMILES string of the molecule is C[C@@H]1CCC[C@H](C)N1CC1(N)CCOC1. The summed E-state index contributed by atoms with van der Waals surface area (Å²) < 4.78 is 5.42. The van der Waals surface area contributed by atoms with Gasteiger partial charge in [0.15, 0.2) is 0 Å². The molecule has 2 rings (SSSR count). The van der Waals surface area contributed by atoms with E-state index in [-0.39, 0.29) is 5.54 Å². The second-order valence-corrected chi connectivity index (χ2v) is 5.47. The fourth-order valence-electron chi connectivity index (χ4n) is 2.90. The predicted octanol–water partition coefficient (Wildman–Crippen LogP) is 1.37. The molecule has 0 saturated carbocycles. The summed E-state index contributed by atoms with van der Waals surface area (Å²) in [5.41, 5.74) is 6.26. The Morgan fingerprint density at radius 3 is 2.53 bits per heavy atom. The molecule has 15 heavy (non-hydrogen) atoms. The van der Waals surface area contributed by atoms with Crippen molar-refractivity contribution in [2.45, 2.75) is 57.2 Å². The molecule has 0 aliphatic carbocycles. The topological polar surface area (TPSA) is 38.5 Å². The Balaban J connectivity index is 1.96. The molecule has 0 spiro atoms. The van der Waals surface area contributed by atoms with Gasteiger partial charge < -0.3 is 10.5 Å². The van der Waals surface area contributed by atoms with Crippen LogP contribution in [0.25, 0.3) is 0 Å². The van der Waals surface area contributed by atoms with Crippen molar-refractivity contribution in [3.8, 4) is 0 Å². The van der Waals surface area contributed by atoms with Crippen LogP contribution >= 0.6 is 0 Å². The number of nitrogens with two attached hydrogens (primary N) is 1. The molecule has 0 amide bonds. The summed E-state index contributed by atoms with van der Waals surface area (Å²) in [6, 6.07) is 1.38. The Labute approximate surface area is 93.0 Å². The number of hydrogen-bond acceptors (Lipinski definition) is 3. The van der Waals surface area contributed by atoms with Crippen molar-refractivity contribution in [2.75, 3.05) is 19.8 Å². The second-order valence-electron chi connectivity index (χ2n) is 5.47. The van der Waals surface area contributed by atoms with Crippen LogP contribution in [0.1, 0.15) is 39.5 Å². The van der Waals surface area contributed by atoms with Gasteiger partial charge >= 0.3 is 0 Å². The van der Waals surface area contributed by atoms with Gasteiger partial charge in [0.25, 0.3) is 0 Å². The highest BCUT2D eigenvalue weighted by atomic mass is 16.5. The largest absolute Gasteiger partial charge is 0.379 e. The number of ether oxygens (including phenoxy) is 1. The third-order valence-electron chi connectivity index (χ3n) is 4.01. The van der Waals surface area contributed by atoms with Crippen molar-refractivity contribution < 1.29 is 4.74 Å². The molecule has 2 aliphatic rings. The second kappa shape index (κ2) is 4.40. The van der Waals surface area contributed by atoms with Crippen LogP contribution in [-0.2, 0) is 4.74 Å². The van der Waals surface area contributed by atoms with Crippen molar-refractivity contribution in [3.05, 3.63) is 0 Å². The van der Waals surface area contributed by atoms with Crippen LogP contribution in [0.4, 0.5) is 0 Å². The van der Waals surface area contributed by atoms with Crippen LogP contribution in [0, 0.1) is 0 Å². The molecule has 2 aliphatic heterocycles. The highest BCUT2D eigenvalue weighted by molar-refractivity contribution is 4.94. The van der Waals surface area contributed by atoms with E-state index in [0.29, 0.717) is 12.1 Å². The van der Waals surface area contributed by atoms with Gasteiger partial charge in [0.1, 0.15) is 0 Å². The maximum Gasteiger partial charge on any atom is 0.0659 e. The van der Waals surface area contributed by atoms with Gasteiger partial charge in [-0.25, -0.2) is 0 Å². The molecule has 0 aromatic heterocycles. The van der Waals surface area contributed by atoms with Crippen molar-refractivity contribution in [1.29, 1.82) is 0 Å². The fraction of sp³-hybridized carbons (Fsp3) is 1.00. The molecule has 2 N–H and O–H groups in total. The first-order chi connectivity index (χ1) is 7.11. The summed E-state index contributed by atoms with van der Waals surface area (Å²) in [7, 11) is 0. The molecular formula is C12H24N2O. The molecule has 0 radical (unpaired) electrons. The predicted molar refractivity (Wildman–Crippen MR) is 61.8 cm³/mol. The third-order valence-corrected chi connectivity index (χ3v) is 4.01. The van der Waals surface area contributed by atoms with E-state index < -0.39 is 0 Å². The van der Waals surface area contributed by atoms with Gasteiger partial charge in [-0.2, -0.15) is 0 Å². The number of nitrogens with zero attached hydrogens (tertiary/aromatic N) is 1. The minimum atomic E-state index is -0.0835. The first-order valence-corrected chi connectivity index (χ1v) is 6.23. The molecule has 88 valence electrons. The van der Waals surface area contributed by atoms with E-state index in [1.54, 1.807) is 0 Å². The Bertz CT molecular complexity index is 204. The lowest BCUT2D eigenvalue weighted by molar-refractivity contribution is 0.0692. The van der Waals surface area contributed by atoms with Gasteiger partial charge in [0.05, 0.1) is 12.1 Å². The molecule has 3 heteroatoms. The molecule has 2 heterocycles. The van der Waals surface area contributed by atoms with E-state index in [9.17, 15) is 0 Å². The van der Waals surface area contributed by atoms with E-state index in [4.69, 9.17) is 10.5 Å². The molecule has 3 atom stereocenters. The van der Waals surface area contributed by atoms with E-state index in [2.05, 4.69) is 18.7 Å². The average molecular weight is 212 g/mol. The zero-order valence-corrected chi connectivity index (χ0v) is 10.0. The Morgan fingerprint density at radius 1 is 1.33 bits per heavy atom. The van der Waals surface area contributed by atoms with Crippen LogP contribution < -0.4 is 5.73 Å². The van der Waals surface area contributed by atoms with Crippen LogP contribution in [0.5, 0.6) is 0 Å². The Kier molecular flexibility index (Phi) is 3.33. The van der Waals surface area contributed by atoms with E-state index in [0.717, 1.165) is 26.2 Å². The smallest absolute Gasteiger partial charge is 0.0659 e. The minimum Gasteiger partial charge on any atom is -0.379 e. The number of hydrogen-bond donors (Lipinski definition) is 1. The molecule has 1 unspecified atom stereocenters.